The zero-order valence-electron chi connectivity index (χ0n) is 13.3. The summed E-state index contributed by atoms with van der Waals surface area (Å²) in [7, 11) is 2.06. The average Bonchev–Trinajstić information content (AvgIpc) is 2.36. The zero-order chi connectivity index (χ0) is 14.6. The van der Waals surface area contributed by atoms with E-state index in [1.54, 1.807) is 0 Å². The first-order valence-corrected chi connectivity index (χ1v) is 8.03. The summed E-state index contributed by atoms with van der Waals surface area (Å²) in [4.78, 5) is 10.7. The smallest absolute Gasteiger partial charge is 0.217 e. The van der Waals surface area contributed by atoms with E-state index in [9.17, 15) is 4.79 Å². The van der Waals surface area contributed by atoms with Crippen molar-refractivity contribution in [2.24, 2.45) is 11.1 Å². The van der Waals surface area contributed by atoms with Crippen LogP contribution in [0.4, 0.5) is 0 Å². The number of hydrogen-bond acceptors (Lipinski definition) is 2. The van der Waals surface area contributed by atoms with Crippen molar-refractivity contribution >= 4 is 5.91 Å². The molecule has 1 amide bonds. The van der Waals surface area contributed by atoms with E-state index >= 15 is 0 Å². The molecule has 0 rings (SSSR count). The Kier molecular flexibility index (Phi) is 10.9. The molecule has 0 aliphatic heterocycles. The van der Waals surface area contributed by atoms with Crippen LogP contribution in [0.3, 0.4) is 0 Å². The lowest BCUT2D eigenvalue weighted by molar-refractivity contribution is -0.118. The summed E-state index contributed by atoms with van der Waals surface area (Å²) in [5.74, 6) is -0.166. The monoisotopic (exact) mass is 270 g/mol. The van der Waals surface area contributed by atoms with E-state index in [0.29, 0.717) is 11.8 Å². The Morgan fingerprint density at radius 2 is 1.68 bits per heavy atom. The van der Waals surface area contributed by atoms with Crippen molar-refractivity contribution in [1.82, 2.24) is 5.32 Å². The molecule has 0 aromatic carbocycles. The Morgan fingerprint density at radius 1 is 1.00 bits per heavy atom. The van der Waals surface area contributed by atoms with Gasteiger partial charge in [-0.05, 0) is 38.1 Å². The molecule has 0 radical (unpaired) electrons. The van der Waals surface area contributed by atoms with Crippen LogP contribution in [0.15, 0.2) is 0 Å². The number of amides is 1. The second kappa shape index (κ2) is 11.3. The third-order valence-corrected chi connectivity index (χ3v) is 4.02. The summed E-state index contributed by atoms with van der Waals surface area (Å²) in [5.41, 5.74) is 5.64. The van der Waals surface area contributed by atoms with Crippen LogP contribution in [0.5, 0.6) is 0 Å². The largest absolute Gasteiger partial charge is 0.370 e. The molecule has 114 valence electrons. The van der Waals surface area contributed by atoms with Gasteiger partial charge in [-0.3, -0.25) is 4.79 Å². The number of nitrogens with two attached hydrogens (primary N) is 1. The fourth-order valence-corrected chi connectivity index (χ4v) is 3.07. The Morgan fingerprint density at radius 3 is 2.21 bits per heavy atom. The van der Waals surface area contributed by atoms with E-state index in [2.05, 4.69) is 26.2 Å². The maximum atomic E-state index is 10.7. The molecule has 0 aromatic rings. The standard InChI is InChI=1S/C16H34N2O/c1-4-6-12-16(11-5-2,14-18-3)13-9-7-8-10-15(17)19/h18H,4-14H2,1-3H3,(H2,17,19). The maximum Gasteiger partial charge on any atom is 0.217 e. The summed E-state index contributed by atoms with van der Waals surface area (Å²) >= 11 is 0. The Balaban J connectivity index is 4.17. The normalized spacial score (nSPS) is 14.3. The summed E-state index contributed by atoms with van der Waals surface area (Å²) in [6.45, 7) is 5.67. The summed E-state index contributed by atoms with van der Waals surface area (Å²) in [5, 5.41) is 3.39. The fourth-order valence-electron chi connectivity index (χ4n) is 3.07. The number of unbranched alkanes of at least 4 members (excludes halogenated alkanes) is 3. The average molecular weight is 270 g/mol. The third kappa shape index (κ3) is 9.04. The van der Waals surface area contributed by atoms with Crippen LogP contribution in [0, 0.1) is 5.41 Å². The van der Waals surface area contributed by atoms with Crippen molar-refractivity contribution in [3.05, 3.63) is 0 Å². The maximum absolute atomic E-state index is 10.7. The lowest BCUT2D eigenvalue weighted by atomic mass is 9.74. The molecule has 0 heterocycles. The summed E-state index contributed by atoms with van der Waals surface area (Å²) < 4.78 is 0. The van der Waals surface area contributed by atoms with Crippen LogP contribution in [0.1, 0.15) is 78.1 Å². The van der Waals surface area contributed by atoms with Crippen molar-refractivity contribution in [2.75, 3.05) is 13.6 Å². The van der Waals surface area contributed by atoms with Crippen molar-refractivity contribution in [2.45, 2.75) is 78.1 Å². The Hall–Kier alpha value is -0.570. The number of carbonyl (C=O) groups excluding carboxylic acids is 1. The molecule has 0 bridgehead atoms. The van der Waals surface area contributed by atoms with Crippen molar-refractivity contribution in [3.8, 4) is 0 Å². The number of hydrogen-bond donors (Lipinski definition) is 2. The van der Waals surface area contributed by atoms with Gasteiger partial charge in [-0.2, -0.15) is 0 Å². The van der Waals surface area contributed by atoms with Gasteiger partial charge in [-0.1, -0.05) is 46.0 Å². The highest BCUT2D eigenvalue weighted by atomic mass is 16.1. The summed E-state index contributed by atoms with van der Waals surface area (Å²) in [6, 6.07) is 0. The molecule has 0 saturated carbocycles. The molecular weight excluding hydrogens is 236 g/mol. The molecule has 3 nitrogen and oxygen atoms in total. The zero-order valence-corrected chi connectivity index (χ0v) is 13.3. The molecule has 1 atom stereocenters. The lowest BCUT2D eigenvalue weighted by Gasteiger charge is -2.34. The highest BCUT2D eigenvalue weighted by Gasteiger charge is 2.27. The SMILES string of the molecule is CCCCC(CCC)(CCCCCC(N)=O)CNC. The Bertz CT molecular complexity index is 223. The van der Waals surface area contributed by atoms with Crippen LogP contribution in [0.2, 0.25) is 0 Å². The van der Waals surface area contributed by atoms with Crippen LogP contribution in [-0.2, 0) is 4.79 Å². The second-order valence-corrected chi connectivity index (χ2v) is 5.91. The van der Waals surface area contributed by atoms with Gasteiger partial charge in [0.25, 0.3) is 0 Å². The number of carbonyl (C=O) groups is 1. The van der Waals surface area contributed by atoms with Gasteiger partial charge in [-0.15, -0.1) is 0 Å². The molecule has 3 heteroatoms. The van der Waals surface area contributed by atoms with Crippen molar-refractivity contribution < 1.29 is 4.79 Å². The van der Waals surface area contributed by atoms with Gasteiger partial charge >= 0.3 is 0 Å². The highest BCUT2D eigenvalue weighted by molar-refractivity contribution is 5.73. The van der Waals surface area contributed by atoms with Crippen LogP contribution in [-0.4, -0.2) is 19.5 Å². The van der Waals surface area contributed by atoms with Gasteiger partial charge in [0.2, 0.25) is 5.91 Å². The van der Waals surface area contributed by atoms with E-state index < -0.39 is 0 Å². The molecule has 19 heavy (non-hydrogen) atoms. The van der Waals surface area contributed by atoms with Crippen LogP contribution < -0.4 is 11.1 Å². The molecule has 0 aliphatic rings. The van der Waals surface area contributed by atoms with Gasteiger partial charge in [-0.25, -0.2) is 0 Å². The first-order chi connectivity index (χ1) is 9.10. The quantitative estimate of drug-likeness (QED) is 0.502. The molecule has 0 aromatic heterocycles. The number of primary amides is 1. The van der Waals surface area contributed by atoms with Gasteiger partial charge in [0.05, 0.1) is 0 Å². The van der Waals surface area contributed by atoms with Crippen molar-refractivity contribution in [3.63, 3.8) is 0 Å². The van der Waals surface area contributed by atoms with Crippen LogP contribution >= 0.6 is 0 Å². The molecular formula is C16H34N2O. The van der Waals surface area contributed by atoms with Crippen molar-refractivity contribution in [1.29, 1.82) is 0 Å². The highest BCUT2D eigenvalue weighted by Crippen LogP contribution is 2.35. The summed E-state index contributed by atoms with van der Waals surface area (Å²) in [6.07, 6.45) is 11.6. The van der Waals surface area contributed by atoms with Gasteiger partial charge in [0.1, 0.15) is 0 Å². The minimum absolute atomic E-state index is 0.166. The minimum Gasteiger partial charge on any atom is -0.370 e. The van der Waals surface area contributed by atoms with Crippen LogP contribution in [0.25, 0.3) is 0 Å². The van der Waals surface area contributed by atoms with E-state index in [0.717, 1.165) is 19.4 Å². The molecule has 3 N–H and O–H groups in total. The van der Waals surface area contributed by atoms with E-state index in [1.165, 1.54) is 44.9 Å². The predicted octanol–water partition coefficient (Wildman–Crippen LogP) is 3.62. The molecule has 0 saturated heterocycles. The second-order valence-electron chi connectivity index (χ2n) is 5.91. The molecule has 1 unspecified atom stereocenters. The minimum atomic E-state index is -0.166. The van der Waals surface area contributed by atoms with E-state index in [1.807, 2.05) is 0 Å². The molecule has 0 spiro atoms. The van der Waals surface area contributed by atoms with E-state index in [-0.39, 0.29) is 5.91 Å². The van der Waals surface area contributed by atoms with E-state index in [4.69, 9.17) is 5.73 Å². The van der Waals surface area contributed by atoms with Gasteiger partial charge in [0.15, 0.2) is 0 Å². The fraction of sp³-hybridized carbons (Fsp3) is 0.938. The molecule has 0 aliphatic carbocycles. The third-order valence-electron chi connectivity index (χ3n) is 4.02. The predicted molar refractivity (Wildman–Crippen MR) is 83.1 cm³/mol. The first kappa shape index (κ1) is 18.4. The molecule has 0 fully saturated rings. The Labute approximate surface area is 119 Å². The van der Waals surface area contributed by atoms with Gasteiger partial charge < -0.3 is 11.1 Å². The first-order valence-electron chi connectivity index (χ1n) is 8.03. The lowest BCUT2D eigenvalue weighted by Crippen LogP contribution is -2.32. The van der Waals surface area contributed by atoms with Gasteiger partial charge in [0, 0.05) is 13.0 Å². The number of nitrogens with one attached hydrogen (secondary N) is 1. The topological polar surface area (TPSA) is 55.1 Å². The number of rotatable bonds is 13.